The number of amides is 1. The van der Waals surface area contributed by atoms with Crippen LogP contribution in [-0.4, -0.2) is 12.5 Å². The lowest BCUT2D eigenvalue weighted by Crippen LogP contribution is -2.50. The Hall–Kier alpha value is -1.31. The molecule has 3 rings (SSSR count). The van der Waals surface area contributed by atoms with Gasteiger partial charge in [0.05, 0.1) is 0 Å². The second kappa shape index (κ2) is 2.84. The van der Waals surface area contributed by atoms with Crippen LogP contribution < -0.4 is 5.32 Å². The average Bonchev–Trinajstić information content (AvgIpc) is 2.17. The van der Waals surface area contributed by atoms with E-state index in [1.165, 1.54) is 30.4 Å². The summed E-state index contributed by atoms with van der Waals surface area (Å²) < 4.78 is 0. The molecule has 78 valence electrons. The first-order valence-corrected chi connectivity index (χ1v) is 5.61. The Balaban J connectivity index is 2.17. The quantitative estimate of drug-likeness (QED) is 0.684. The van der Waals surface area contributed by atoms with Crippen molar-refractivity contribution in [3.05, 3.63) is 34.9 Å². The van der Waals surface area contributed by atoms with Gasteiger partial charge in [-0.2, -0.15) is 0 Å². The van der Waals surface area contributed by atoms with Crippen LogP contribution in [0, 0.1) is 6.92 Å². The zero-order valence-electron chi connectivity index (χ0n) is 8.97. The van der Waals surface area contributed by atoms with Gasteiger partial charge in [-0.1, -0.05) is 24.1 Å². The Kier molecular flexibility index (Phi) is 1.70. The Morgan fingerprint density at radius 1 is 1.33 bits per heavy atom. The molecule has 1 aliphatic heterocycles. The van der Waals surface area contributed by atoms with E-state index in [2.05, 4.69) is 17.4 Å². The van der Waals surface area contributed by atoms with E-state index in [1.807, 2.05) is 13.0 Å². The van der Waals surface area contributed by atoms with Crippen molar-refractivity contribution in [3.63, 3.8) is 0 Å². The van der Waals surface area contributed by atoms with Gasteiger partial charge in [-0.15, -0.1) is 0 Å². The maximum absolute atomic E-state index is 11.8. The van der Waals surface area contributed by atoms with Gasteiger partial charge < -0.3 is 5.32 Å². The van der Waals surface area contributed by atoms with Crippen molar-refractivity contribution in [1.82, 2.24) is 5.32 Å². The van der Waals surface area contributed by atoms with E-state index in [-0.39, 0.29) is 11.3 Å². The van der Waals surface area contributed by atoms with Crippen LogP contribution in [0.2, 0.25) is 0 Å². The van der Waals surface area contributed by atoms with Crippen LogP contribution >= 0.6 is 0 Å². The highest BCUT2D eigenvalue weighted by atomic mass is 16.1. The van der Waals surface area contributed by atoms with Crippen molar-refractivity contribution >= 4 is 5.91 Å². The third-order valence-corrected chi connectivity index (χ3v) is 3.89. The lowest BCUT2D eigenvalue weighted by atomic mass is 9.62. The third-order valence-electron chi connectivity index (χ3n) is 3.89. The van der Waals surface area contributed by atoms with E-state index >= 15 is 0 Å². The predicted octanol–water partition coefficient (Wildman–Crippen LogP) is 2.16. The number of carbonyl (C=O) groups is 1. The second-order valence-electron chi connectivity index (χ2n) is 4.87. The molecule has 0 radical (unpaired) electrons. The lowest BCUT2D eigenvalue weighted by molar-refractivity contribution is 0.0895. The van der Waals surface area contributed by atoms with Crippen molar-refractivity contribution < 1.29 is 4.79 Å². The summed E-state index contributed by atoms with van der Waals surface area (Å²) in [7, 11) is 0. The average molecular weight is 201 g/mol. The van der Waals surface area contributed by atoms with Crippen LogP contribution in [0.1, 0.15) is 40.7 Å². The summed E-state index contributed by atoms with van der Waals surface area (Å²) in [6.45, 7) is 2.87. The molecule has 1 saturated carbocycles. The fourth-order valence-electron chi connectivity index (χ4n) is 2.80. The summed E-state index contributed by atoms with van der Waals surface area (Å²) in [6.07, 6.45) is 3.75. The molecule has 0 aromatic heterocycles. The zero-order chi connectivity index (χ0) is 10.5. The molecule has 1 spiro atoms. The van der Waals surface area contributed by atoms with E-state index in [0.29, 0.717) is 0 Å². The Morgan fingerprint density at radius 2 is 2.13 bits per heavy atom. The summed E-state index contributed by atoms with van der Waals surface area (Å²) in [4.78, 5) is 11.8. The Morgan fingerprint density at radius 3 is 2.80 bits per heavy atom. The highest BCUT2D eigenvalue weighted by molar-refractivity contribution is 5.97. The van der Waals surface area contributed by atoms with Crippen molar-refractivity contribution in [2.24, 2.45) is 0 Å². The molecule has 2 nitrogen and oxygen atoms in total. The molecule has 1 amide bonds. The summed E-state index contributed by atoms with van der Waals surface area (Å²) >= 11 is 0. The minimum Gasteiger partial charge on any atom is -0.351 e. The van der Waals surface area contributed by atoms with Crippen molar-refractivity contribution in [2.75, 3.05) is 6.54 Å². The fraction of sp³-hybridized carbons (Fsp3) is 0.462. The number of aryl methyl sites for hydroxylation is 1. The molecule has 0 unspecified atom stereocenters. The maximum atomic E-state index is 11.8. The summed E-state index contributed by atoms with van der Waals surface area (Å²) in [6, 6.07) is 6.30. The SMILES string of the molecule is Cc1ccc2c(c1)C(=O)NCC21CCC1. The number of hydrogen-bond acceptors (Lipinski definition) is 1. The van der Waals surface area contributed by atoms with Crippen LogP contribution in [0.15, 0.2) is 18.2 Å². The van der Waals surface area contributed by atoms with Crippen LogP contribution in [0.25, 0.3) is 0 Å². The molecule has 1 aromatic carbocycles. The van der Waals surface area contributed by atoms with Gasteiger partial charge >= 0.3 is 0 Å². The topological polar surface area (TPSA) is 29.1 Å². The first-order valence-electron chi connectivity index (χ1n) is 5.61. The van der Waals surface area contributed by atoms with Gasteiger partial charge in [0.25, 0.3) is 5.91 Å². The highest BCUT2D eigenvalue weighted by Crippen LogP contribution is 2.46. The van der Waals surface area contributed by atoms with Crippen LogP contribution in [-0.2, 0) is 5.41 Å². The highest BCUT2D eigenvalue weighted by Gasteiger charge is 2.43. The van der Waals surface area contributed by atoms with Gasteiger partial charge in [0.2, 0.25) is 0 Å². The Labute approximate surface area is 89.7 Å². The molecule has 0 atom stereocenters. The van der Waals surface area contributed by atoms with Crippen molar-refractivity contribution in [3.8, 4) is 0 Å². The van der Waals surface area contributed by atoms with Gasteiger partial charge in [0.15, 0.2) is 0 Å². The first kappa shape index (κ1) is 8.96. The molecular weight excluding hydrogens is 186 g/mol. The van der Waals surface area contributed by atoms with E-state index in [9.17, 15) is 4.79 Å². The molecular formula is C13H15NO. The molecule has 1 heterocycles. The fourth-order valence-corrected chi connectivity index (χ4v) is 2.80. The van der Waals surface area contributed by atoms with Crippen molar-refractivity contribution in [1.29, 1.82) is 0 Å². The first-order chi connectivity index (χ1) is 7.21. The van der Waals surface area contributed by atoms with E-state index in [1.54, 1.807) is 0 Å². The lowest BCUT2D eigenvalue weighted by Gasteiger charge is -2.46. The van der Waals surface area contributed by atoms with E-state index in [4.69, 9.17) is 0 Å². The standard InChI is InChI=1S/C13H15NO/c1-9-3-4-11-10(7-9)12(15)14-8-13(11)5-2-6-13/h3-4,7H,2,5-6,8H2,1H3,(H,14,15). The summed E-state index contributed by atoms with van der Waals surface area (Å²) in [5.74, 6) is 0.103. The van der Waals surface area contributed by atoms with Crippen LogP contribution in [0.3, 0.4) is 0 Å². The molecule has 15 heavy (non-hydrogen) atoms. The molecule has 1 N–H and O–H groups in total. The Bertz CT molecular complexity index is 432. The van der Waals surface area contributed by atoms with Gasteiger partial charge in [-0.25, -0.2) is 0 Å². The number of benzene rings is 1. The number of fused-ring (bicyclic) bond motifs is 2. The van der Waals surface area contributed by atoms with Gasteiger partial charge in [-0.3, -0.25) is 4.79 Å². The number of nitrogens with one attached hydrogen (secondary N) is 1. The van der Waals surface area contributed by atoms with Crippen molar-refractivity contribution in [2.45, 2.75) is 31.6 Å². The minimum absolute atomic E-state index is 0.103. The van der Waals surface area contributed by atoms with Crippen LogP contribution in [0.4, 0.5) is 0 Å². The molecule has 2 heteroatoms. The minimum atomic E-state index is 0.103. The van der Waals surface area contributed by atoms with E-state index in [0.717, 1.165) is 12.1 Å². The maximum Gasteiger partial charge on any atom is 0.251 e. The van der Waals surface area contributed by atoms with E-state index < -0.39 is 0 Å². The largest absolute Gasteiger partial charge is 0.351 e. The molecule has 1 aromatic rings. The number of rotatable bonds is 0. The number of carbonyl (C=O) groups excluding carboxylic acids is 1. The van der Waals surface area contributed by atoms with Gasteiger partial charge in [0, 0.05) is 17.5 Å². The molecule has 1 fully saturated rings. The van der Waals surface area contributed by atoms with Gasteiger partial charge in [0.1, 0.15) is 0 Å². The second-order valence-corrected chi connectivity index (χ2v) is 4.87. The smallest absolute Gasteiger partial charge is 0.251 e. The third kappa shape index (κ3) is 1.14. The van der Waals surface area contributed by atoms with Crippen LogP contribution in [0.5, 0.6) is 0 Å². The molecule has 2 aliphatic rings. The molecule has 0 saturated heterocycles. The monoisotopic (exact) mass is 201 g/mol. The number of hydrogen-bond donors (Lipinski definition) is 1. The predicted molar refractivity (Wildman–Crippen MR) is 59.0 cm³/mol. The van der Waals surface area contributed by atoms with Gasteiger partial charge in [-0.05, 0) is 31.4 Å². The normalized spacial score (nSPS) is 21.8. The summed E-state index contributed by atoms with van der Waals surface area (Å²) in [5.41, 5.74) is 3.63. The molecule has 0 bridgehead atoms. The zero-order valence-corrected chi connectivity index (χ0v) is 8.97. The summed E-state index contributed by atoms with van der Waals surface area (Å²) in [5, 5.41) is 3.02. The molecule has 1 aliphatic carbocycles.